The zero-order chi connectivity index (χ0) is 11.7. The van der Waals surface area contributed by atoms with Crippen molar-refractivity contribution in [2.24, 2.45) is 11.7 Å². The van der Waals surface area contributed by atoms with Crippen molar-refractivity contribution >= 4 is 6.03 Å². The largest absolute Gasteiger partial charge is 0.399 e. The Kier molecular flexibility index (Phi) is 3.02. The van der Waals surface area contributed by atoms with Crippen LogP contribution in [-0.2, 0) is 4.74 Å². The van der Waals surface area contributed by atoms with Crippen LogP contribution in [0.2, 0.25) is 0 Å². The van der Waals surface area contributed by atoms with E-state index in [2.05, 4.69) is 5.32 Å². The lowest BCUT2D eigenvalue weighted by molar-refractivity contribution is 0.0221. The molecule has 2 heterocycles. The second kappa shape index (κ2) is 4.31. The van der Waals surface area contributed by atoms with Crippen molar-refractivity contribution < 1.29 is 14.6 Å². The lowest BCUT2D eigenvalue weighted by Crippen LogP contribution is -2.51. The van der Waals surface area contributed by atoms with E-state index in [0.29, 0.717) is 18.7 Å². The lowest BCUT2D eigenvalue weighted by atomic mass is 10.1. The van der Waals surface area contributed by atoms with Gasteiger partial charge in [-0.1, -0.05) is 0 Å². The molecule has 4 N–H and O–H groups in total. The summed E-state index contributed by atoms with van der Waals surface area (Å²) in [5.41, 5.74) is 6.37. The number of aliphatic hydroxyl groups excluding tert-OH is 1. The van der Waals surface area contributed by atoms with Crippen LogP contribution in [0.15, 0.2) is 11.9 Å². The molecule has 0 aromatic rings. The molecule has 1 saturated heterocycles. The first kappa shape index (κ1) is 11.2. The Morgan fingerprint density at radius 3 is 3.12 bits per heavy atom. The lowest BCUT2D eigenvalue weighted by Gasteiger charge is -2.32. The Balaban J connectivity index is 2.07. The zero-order valence-corrected chi connectivity index (χ0v) is 9.22. The fourth-order valence-corrected chi connectivity index (χ4v) is 1.88. The van der Waals surface area contributed by atoms with Gasteiger partial charge in [-0.15, -0.1) is 0 Å². The van der Waals surface area contributed by atoms with Gasteiger partial charge < -0.3 is 20.9 Å². The van der Waals surface area contributed by atoms with Crippen molar-refractivity contribution in [2.75, 3.05) is 13.2 Å². The van der Waals surface area contributed by atoms with Gasteiger partial charge in [0.2, 0.25) is 0 Å². The summed E-state index contributed by atoms with van der Waals surface area (Å²) in [6.07, 6.45) is 1.94. The van der Waals surface area contributed by atoms with Crippen molar-refractivity contribution in [1.29, 1.82) is 0 Å². The van der Waals surface area contributed by atoms with E-state index >= 15 is 0 Å². The first-order valence-electron chi connectivity index (χ1n) is 5.40. The first-order valence-corrected chi connectivity index (χ1v) is 5.40. The number of hydrogen-bond acceptors (Lipinski definition) is 4. The molecule has 16 heavy (non-hydrogen) atoms. The maximum atomic E-state index is 11.7. The Labute approximate surface area is 94.0 Å². The number of carbonyl (C=O) groups excluding carboxylic acids is 1. The van der Waals surface area contributed by atoms with E-state index in [1.165, 1.54) is 4.90 Å². The molecule has 0 radical (unpaired) electrons. The van der Waals surface area contributed by atoms with Crippen LogP contribution in [0.25, 0.3) is 0 Å². The van der Waals surface area contributed by atoms with Gasteiger partial charge in [0.1, 0.15) is 6.23 Å². The molecule has 0 bridgehead atoms. The van der Waals surface area contributed by atoms with Crippen molar-refractivity contribution in [1.82, 2.24) is 10.2 Å². The maximum absolute atomic E-state index is 11.7. The monoisotopic (exact) mass is 227 g/mol. The molecular formula is C10H17N3O3. The Morgan fingerprint density at radius 2 is 2.50 bits per heavy atom. The molecule has 2 aliphatic heterocycles. The molecule has 0 aromatic carbocycles. The minimum Gasteiger partial charge on any atom is -0.399 e. The number of hydrogen-bond donors (Lipinski definition) is 3. The van der Waals surface area contributed by atoms with E-state index in [-0.39, 0.29) is 30.8 Å². The van der Waals surface area contributed by atoms with Gasteiger partial charge in [0.25, 0.3) is 0 Å². The molecule has 2 unspecified atom stereocenters. The summed E-state index contributed by atoms with van der Waals surface area (Å²) in [6.45, 7) is 2.39. The van der Waals surface area contributed by atoms with Crippen molar-refractivity contribution in [3.05, 3.63) is 11.9 Å². The second-order valence-electron chi connectivity index (χ2n) is 4.28. The number of nitrogens with one attached hydrogen (secondary N) is 1. The molecule has 0 aromatic heterocycles. The predicted molar refractivity (Wildman–Crippen MR) is 57.0 cm³/mol. The van der Waals surface area contributed by atoms with Crippen LogP contribution in [0.1, 0.15) is 13.3 Å². The molecule has 0 saturated carbocycles. The van der Waals surface area contributed by atoms with Gasteiger partial charge >= 0.3 is 6.03 Å². The minimum atomic E-state index is -0.316. The Morgan fingerprint density at radius 1 is 1.75 bits per heavy atom. The van der Waals surface area contributed by atoms with E-state index in [1.54, 1.807) is 6.20 Å². The quantitative estimate of drug-likeness (QED) is 0.596. The summed E-state index contributed by atoms with van der Waals surface area (Å²) < 4.78 is 5.45. The van der Waals surface area contributed by atoms with Crippen molar-refractivity contribution in [2.45, 2.75) is 25.6 Å². The van der Waals surface area contributed by atoms with E-state index in [0.717, 1.165) is 0 Å². The van der Waals surface area contributed by atoms with Crippen LogP contribution >= 0.6 is 0 Å². The number of nitrogens with two attached hydrogens (primary N) is 1. The van der Waals surface area contributed by atoms with E-state index in [1.807, 2.05) is 6.92 Å². The molecule has 2 amide bonds. The third-order valence-corrected chi connectivity index (χ3v) is 2.99. The second-order valence-corrected chi connectivity index (χ2v) is 4.28. The van der Waals surface area contributed by atoms with Crippen molar-refractivity contribution in [3.63, 3.8) is 0 Å². The maximum Gasteiger partial charge on any atom is 0.324 e. The van der Waals surface area contributed by atoms with Gasteiger partial charge in [0, 0.05) is 24.4 Å². The highest BCUT2D eigenvalue weighted by Crippen LogP contribution is 2.24. The molecular weight excluding hydrogens is 210 g/mol. The van der Waals surface area contributed by atoms with Crippen molar-refractivity contribution in [3.8, 4) is 0 Å². The molecule has 2 aliphatic rings. The highest BCUT2D eigenvalue weighted by atomic mass is 16.5. The SMILES string of the molecule is CC1NC(=O)N([C@@H]2CC(CO)CO2)C=C1N. The van der Waals surface area contributed by atoms with Crippen LogP contribution in [0.4, 0.5) is 4.79 Å². The normalized spacial score (nSPS) is 34.9. The summed E-state index contributed by atoms with van der Waals surface area (Å²) in [5.74, 6) is 0.103. The predicted octanol–water partition coefficient (Wildman–Crippen LogP) is -0.445. The fraction of sp³-hybridized carbons (Fsp3) is 0.700. The van der Waals surface area contributed by atoms with Gasteiger partial charge in [-0.3, -0.25) is 4.90 Å². The molecule has 90 valence electrons. The van der Waals surface area contributed by atoms with Crippen LogP contribution in [0.3, 0.4) is 0 Å². The molecule has 6 heteroatoms. The average Bonchev–Trinajstić information content (AvgIpc) is 2.71. The number of carbonyl (C=O) groups is 1. The first-order chi connectivity index (χ1) is 7.61. The van der Waals surface area contributed by atoms with Gasteiger partial charge in [-0.05, 0) is 13.3 Å². The smallest absolute Gasteiger partial charge is 0.324 e. The van der Waals surface area contributed by atoms with E-state index < -0.39 is 0 Å². The highest BCUT2D eigenvalue weighted by Gasteiger charge is 2.34. The Hall–Kier alpha value is -1.27. The van der Waals surface area contributed by atoms with Crippen LogP contribution in [0.5, 0.6) is 0 Å². The number of urea groups is 1. The fourth-order valence-electron chi connectivity index (χ4n) is 1.88. The summed E-state index contributed by atoms with van der Waals surface area (Å²) in [6, 6.07) is -0.343. The average molecular weight is 227 g/mol. The molecule has 3 atom stereocenters. The molecule has 0 spiro atoms. The number of ether oxygens (including phenoxy) is 1. The van der Waals surface area contributed by atoms with Crippen LogP contribution in [0, 0.1) is 5.92 Å². The zero-order valence-electron chi connectivity index (χ0n) is 9.22. The summed E-state index contributed by atoms with van der Waals surface area (Å²) in [4.78, 5) is 13.2. The molecule has 1 fully saturated rings. The minimum absolute atomic E-state index is 0.0849. The third kappa shape index (κ3) is 1.98. The van der Waals surface area contributed by atoms with Crippen LogP contribution in [-0.4, -0.2) is 41.5 Å². The topological polar surface area (TPSA) is 87.8 Å². The summed E-state index contributed by atoms with van der Waals surface area (Å²) >= 11 is 0. The number of rotatable bonds is 2. The standard InChI is InChI=1S/C10H17N3O3/c1-6-8(11)3-13(10(15)12-6)9-2-7(4-14)5-16-9/h3,6-7,9,14H,2,4-5,11H2,1H3,(H,12,15)/t6?,7?,9-/m0/s1. The number of amides is 2. The third-order valence-electron chi connectivity index (χ3n) is 2.99. The highest BCUT2D eigenvalue weighted by molar-refractivity contribution is 5.77. The Bertz CT molecular complexity index is 318. The summed E-state index contributed by atoms with van der Waals surface area (Å²) in [7, 11) is 0. The molecule has 6 nitrogen and oxygen atoms in total. The number of nitrogens with zero attached hydrogens (tertiary/aromatic N) is 1. The van der Waals surface area contributed by atoms with Gasteiger partial charge in [0.15, 0.2) is 0 Å². The van der Waals surface area contributed by atoms with Gasteiger partial charge in [-0.25, -0.2) is 4.79 Å². The van der Waals surface area contributed by atoms with Gasteiger partial charge in [0.05, 0.1) is 12.6 Å². The van der Waals surface area contributed by atoms with Gasteiger partial charge in [-0.2, -0.15) is 0 Å². The van der Waals surface area contributed by atoms with E-state index in [9.17, 15) is 4.79 Å². The van der Waals surface area contributed by atoms with E-state index in [4.69, 9.17) is 15.6 Å². The summed E-state index contributed by atoms with van der Waals surface area (Å²) in [5, 5.41) is 11.7. The van der Waals surface area contributed by atoms with Crippen LogP contribution < -0.4 is 11.1 Å². The molecule has 2 rings (SSSR count). The molecule has 0 aliphatic carbocycles. The number of aliphatic hydroxyl groups is 1.